The molecule has 162 valence electrons. The highest BCUT2D eigenvalue weighted by Gasteiger charge is 2.37. The van der Waals surface area contributed by atoms with Crippen molar-refractivity contribution in [1.82, 2.24) is 5.32 Å². The van der Waals surface area contributed by atoms with E-state index in [0.29, 0.717) is 29.1 Å². The number of allylic oxidation sites excluding steroid dienone is 2. The Hall–Kier alpha value is -2.60. The first kappa shape index (κ1) is 26.4. The number of ether oxygens (including phenoxy) is 3. The van der Waals surface area contributed by atoms with Gasteiger partial charge < -0.3 is 19.5 Å². The normalized spacial score (nSPS) is 15.2. The van der Waals surface area contributed by atoms with E-state index in [1.165, 1.54) is 14.2 Å². The van der Waals surface area contributed by atoms with E-state index < -0.39 is 17.9 Å². The first-order valence-electron chi connectivity index (χ1n) is 9.99. The maximum absolute atomic E-state index is 12.7. The molecule has 1 aromatic carbocycles. The highest BCUT2D eigenvalue weighted by atomic mass is 16.6. The second-order valence-electron chi connectivity index (χ2n) is 5.67. The molecule has 29 heavy (non-hydrogen) atoms. The summed E-state index contributed by atoms with van der Waals surface area (Å²) in [5.41, 5.74) is 2.93. The summed E-state index contributed by atoms with van der Waals surface area (Å²) in [6, 6.07) is 9.37. The van der Waals surface area contributed by atoms with Gasteiger partial charge in [0.1, 0.15) is 6.61 Å². The Morgan fingerprint density at radius 3 is 1.86 bits per heavy atom. The summed E-state index contributed by atoms with van der Waals surface area (Å²) in [5.74, 6) is -1.51. The number of hydrogen-bond donors (Lipinski definition) is 1. The van der Waals surface area contributed by atoms with E-state index in [-0.39, 0.29) is 6.61 Å². The number of esters is 2. The second kappa shape index (κ2) is 14.4. The lowest BCUT2D eigenvalue weighted by Crippen LogP contribution is -2.32. The minimum atomic E-state index is -0.551. The topological polar surface area (TPSA) is 73.9 Å². The molecule has 0 aromatic heterocycles. The molecule has 0 saturated carbocycles. The summed E-state index contributed by atoms with van der Waals surface area (Å²) in [6.07, 6.45) is 0. The zero-order valence-electron chi connectivity index (χ0n) is 18.9. The Bertz CT molecular complexity index is 707. The molecule has 1 atom stereocenters. The predicted octanol–water partition coefficient (Wildman–Crippen LogP) is 4.34. The maximum Gasteiger partial charge on any atom is 0.336 e. The number of hydrogen-bond acceptors (Lipinski definition) is 6. The molecule has 0 amide bonds. The average Bonchev–Trinajstić information content (AvgIpc) is 2.76. The van der Waals surface area contributed by atoms with E-state index in [4.69, 9.17) is 14.2 Å². The van der Waals surface area contributed by atoms with Gasteiger partial charge in [-0.15, -0.1) is 0 Å². The second-order valence-corrected chi connectivity index (χ2v) is 5.67. The highest BCUT2D eigenvalue weighted by molar-refractivity contribution is 5.99. The lowest BCUT2D eigenvalue weighted by atomic mass is 9.80. The van der Waals surface area contributed by atoms with Crippen molar-refractivity contribution in [2.75, 3.05) is 27.4 Å². The summed E-state index contributed by atoms with van der Waals surface area (Å²) in [7, 11) is 2.86. The van der Waals surface area contributed by atoms with Gasteiger partial charge in [-0.2, -0.15) is 0 Å². The first-order chi connectivity index (χ1) is 14.0. The summed E-state index contributed by atoms with van der Waals surface area (Å²) >= 11 is 0. The summed E-state index contributed by atoms with van der Waals surface area (Å²) in [5, 5.41) is 3.09. The minimum absolute atomic E-state index is 0.143. The van der Waals surface area contributed by atoms with Crippen molar-refractivity contribution >= 4 is 11.9 Å². The number of carbonyl (C=O) groups excluding carboxylic acids is 2. The van der Waals surface area contributed by atoms with Crippen LogP contribution in [0.1, 0.15) is 53.0 Å². The molecule has 6 heteroatoms. The summed E-state index contributed by atoms with van der Waals surface area (Å²) in [4.78, 5) is 25.1. The Kier molecular flexibility index (Phi) is 13.1. The van der Waals surface area contributed by atoms with E-state index >= 15 is 0 Å². The lowest BCUT2D eigenvalue weighted by molar-refractivity contribution is -0.140. The smallest absolute Gasteiger partial charge is 0.336 e. The van der Waals surface area contributed by atoms with Crippen LogP contribution in [0.2, 0.25) is 0 Å². The van der Waals surface area contributed by atoms with Gasteiger partial charge in [0, 0.05) is 18.5 Å². The van der Waals surface area contributed by atoms with Crippen molar-refractivity contribution in [3.8, 4) is 0 Å². The Labute approximate surface area is 174 Å². The van der Waals surface area contributed by atoms with Gasteiger partial charge >= 0.3 is 11.9 Å². The number of nitrogens with one attached hydrogen (secondary N) is 1. The predicted molar refractivity (Wildman–Crippen MR) is 115 cm³/mol. The Morgan fingerprint density at radius 1 is 0.862 bits per heavy atom. The van der Waals surface area contributed by atoms with Gasteiger partial charge in [0.15, 0.2) is 0 Å². The molecule has 1 N–H and O–H groups in total. The molecule has 0 fully saturated rings. The van der Waals surface area contributed by atoms with Crippen molar-refractivity contribution in [1.29, 1.82) is 0 Å². The van der Waals surface area contributed by atoms with Crippen LogP contribution in [-0.4, -0.2) is 39.4 Å². The molecule has 0 saturated heterocycles. The van der Waals surface area contributed by atoms with Crippen LogP contribution in [0.15, 0.2) is 52.9 Å². The first-order valence-corrected chi connectivity index (χ1v) is 9.99. The quantitative estimate of drug-likeness (QED) is 0.561. The Balaban J connectivity index is 0.00000184. The summed E-state index contributed by atoms with van der Waals surface area (Å²) in [6.45, 7) is 12.0. The van der Waals surface area contributed by atoms with Gasteiger partial charge in [-0.05, 0) is 19.4 Å². The van der Waals surface area contributed by atoms with E-state index in [2.05, 4.69) is 5.32 Å². The van der Waals surface area contributed by atoms with Gasteiger partial charge in [0.25, 0.3) is 0 Å². The third kappa shape index (κ3) is 7.06. The number of methoxy groups -OCH3 is 2. The van der Waals surface area contributed by atoms with Crippen LogP contribution in [0.5, 0.6) is 0 Å². The van der Waals surface area contributed by atoms with Crippen molar-refractivity contribution in [3.63, 3.8) is 0 Å². The van der Waals surface area contributed by atoms with Crippen molar-refractivity contribution in [3.05, 3.63) is 58.4 Å². The van der Waals surface area contributed by atoms with Gasteiger partial charge in [0.2, 0.25) is 0 Å². The van der Waals surface area contributed by atoms with E-state index in [0.717, 1.165) is 5.56 Å². The molecule has 1 aliphatic heterocycles. The zero-order chi connectivity index (χ0) is 22.4. The molecule has 0 bridgehead atoms. The van der Waals surface area contributed by atoms with Gasteiger partial charge in [-0.3, -0.25) is 0 Å². The number of carbonyl (C=O) groups is 2. The van der Waals surface area contributed by atoms with Gasteiger partial charge in [-0.25, -0.2) is 9.59 Å². The molecular formula is C23H35NO5. The molecule has 1 unspecified atom stereocenters. The fourth-order valence-electron chi connectivity index (χ4n) is 2.92. The fraction of sp³-hybridized carbons (Fsp3) is 0.478. The van der Waals surface area contributed by atoms with Crippen LogP contribution in [0, 0.1) is 0 Å². The van der Waals surface area contributed by atoms with Crippen molar-refractivity contribution < 1.29 is 23.8 Å². The van der Waals surface area contributed by atoms with Gasteiger partial charge in [-0.1, -0.05) is 58.0 Å². The SMILES string of the molecule is CC.CC.COCCOC(=O)C1=C(C)NC(C)=C(C(=O)OC)C1c1ccccc1. The third-order valence-electron chi connectivity index (χ3n) is 4.04. The van der Waals surface area contributed by atoms with Gasteiger partial charge in [0.05, 0.1) is 30.8 Å². The van der Waals surface area contributed by atoms with Crippen LogP contribution in [0.3, 0.4) is 0 Å². The van der Waals surface area contributed by atoms with Crippen molar-refractivity contribution in [2.45, 2.75) is 47.5 Å². The Morgan fingerprint density at radius 2 is 1.38 bits per heavy atom. The molecule has 1 aliphatic rings. The van der Waals surface area contributed by atoms with E-state index in [1.807, 2.05) is 58.0 Å². The lowest BCUT2D eigenvalue weighted by Gasteiger charge is -2.30. The molecule has 2 rings (SSSR count). The molecule has 0 spiro atoms. The molecule has 1 aromatic rings. The molecule has 0 radical (unpaired) electrons. The minimum Gasteiger partial charge on any atom is -0.466 e. The number of rotatable bonds is 6. The third-order valence-corrected chi connectivity index (χ3v) is 4.04. The molecular weight excluding hydrogens is 370 g/mol. The largest absolute Gasteiger partial charge is 0.466 e. The van der Waals surface area contributed by atoms with Crippen molar-refractivity contribution in [2.24, 2.45) is 0 Å². The monoisotopic (exact) mass is 405 g/mol. The van der Waals surface area contributed by atoms with E-state index in [9.17, 15) is 9.59 Å². The zero-order valence-corrected chi connectivity index (χ0v) is 18.9. The van der Waals surface area contributed by atoms with Crippen LogP contribution >= 0.6 is 0 Å². The van der Waals surface area contributed by atoms with E-state index in [1.54, 1.807) is 13.8 Å². The number of dihydropyridines is 1. The average molecular weight is 406 g/mol. The van der Waals surface area contributed by atoms with Crippen LogP contribution < -0.4 is 5.32 Å². The standard InChI is InChI=1S/C19H23NO5.2C2H6/c1-12-15(18(21)24-4)17(14-8-6-5-7-9-14)16(13(2)20-12)19(22)25-11-10-23-3;2*1-2/h5-9,17,20H,10-11H2,1-4H3;2*1-2H3. The van der Waals surface area contributed by atoms with Crippen LogP contribution in [0.4, 0.5) is 0 Å². The number of benzene rings is 1. The molecule has 0 aliphatic carbocycles. The van der Waals surface area contributed by atoms with Crippen LogP contribution in [0.25, 0.3) is 0 Å². The molecule has 1 heterocycles. The fourth-order valence-corrected chi connectivity index (χ4v) is 2.92. The van der Waals surface area contributed by atoms with Crippen LogP contribution in [-0.2, 0) is 23.8 Å². The summed E-state index contributed by atoms with van der Waals surface area (Å²) < 4.78 is 15.2. The highest BCUT2D eigenvalue weighted by Crippen LogP contribution is 2.38. The maximum atomic E-state index is 12.7. The molecule has 6 nitrogen and oxygen atoms in total.